The number of ether oxygens (including phenoxy) is 2. The largest absolute Gasteiger partial charge is 0.490 e. The molecule has 184 valence electrons. The summed E-state index contributed by atoms with van der Waals surface area (Å²) in [5.74, 6) is -0.497. The van der Waals surface area contributed by atoms with Gasteiger partial charge in [-0.2, -0.15) is 0 Å². The molecule has 1 fully saturated rings. The summed E-state index contributed by atoms with van der Waals surface area (Å²) in [6.07, 6.45) is 1.42. The van der Waals surface area contributed by atoms with E-state index in [9.17, 15) is 14.4 Å². The summed E-state index contributed by atoms with van der Waals surface area (Å²) < 4.78 is 11.8. The highest BCUT2D eigenvalue weighted by Crippen LogP contribution is 2.31. The van der Waals surface area contributed by atoms with Gasteiger partial charge in [-0.05, 0) is 74.4 Å². The van der Waals surface area contributed by atoms with Crippen molar-refractivity contribution in [1.29, 1.82) is 0 Å². The molecule has 0 aromatic heterocycles. The smallest absolute Gasteiger partial charge is 0.335 e. The lowest BCUT2D eigenvalue weighted by Gasteiger charge is -2.26. The minimum atomic E-state index is -0.824. The minimum Gasteiger partial charge on any atom is -0.490 e. The number of urea groups is 1. The first-order valence-corrected chi connectivity index (χ1v) is 11.8. The molecule has 0 atom stereocenters. The number of anilines is 1. The number of amides is 4. The molecule has 0 spiro atoms. The Hall–Kier alpha value is -4.10. The Bertz CT molecular complexity index is 1340. The molecule has 0 bridgehead atoms. The van der Waals surface area contributed by atoms with Crippen LogP contribution in [0, 0.1) is 13.8 Å². The zero-order chi connectivity index (χ0) is 25.8. The number of barbiturate groups is 1. The first-order chi connectivity index (χ1) is 17.2. The van der Waals surface area contributed by atoms with Crippen molar-refractivity contribution in [2.24, 2.45) is 0 Å². The van der Waals surface area contributed by atoms with Crippen molar-refractivity contribution in [2.45, 2.75) is 27.4 Å². The minimum absolute atomic E-state index is 0.184. The number of aryl methyl sites for hydroxylation is 2. The Morgan fingerprint density at radius 2 is 1.58 bits per heavy atom. The normalized spacial score (nSPS) is 14.7. The van der Waals surface area contributed by atoms with E-state index < -0.39 is 17.8 Å². The molecule has 1 N–H and O–H groups in total. The monoisotopic (exact) mass is 504 g/mol. The fraction of sp³-hybridized carbons (Fsp3) is 0.179. The number of carbonyl (C=O) groups is 3. The average Bonchev–Trinajstić information content (AvgIpc) is 2.82. The molecule has 36 heavy (non-hydrogen) atoms. The summed E-state index contributed by atoms with van der Waals surface area (Å²) in [5, 5.41) is 2.67. The molecule has 0 saturated carbocycles. The van der Waals surface area contributed by atoms with Gasteiger partial charge in [0.2, 0.25) is 0 Å². The maximum atomic E-state index is 13.1. The molecule has 1 saturated heterocycles. The Balaban J connectivity index is 1.61. The number of nitrogens with one attached hydrogen (secondary N) is 1. The summed E-state index contributed by atoms with van der Waals surface area (Å²) in [6.45, 7) is 6.69. The number of benzene rings is 3. The van der Waals surface area contributed by atoms with Crippen LogP contribution in [-0.4, -0.2) is 24.5 Å². The van der Waals surface area contributed by atoms with Gasteiger partial charge in [-0.25, -0.2) is 9.69 Å². The van der Waals surface area contributed by atoms with Crippen LogP contribution in [0.5, 0.6) is 11.5 Å². The van der Waals surface area contributed by atoms with Crippen molar-refractivity contribution >= 4 is 41.2 Å². The van der Waals surface area contributed by atoms with E-state index in [1.807, 2.05) is 20.8 Å². The molecular formula is C28H25ClN2O5. The van der Waals surface area contributed by atoms with E-state index >= 15 is 0 Å². The fourth-order valence-corrected chi connectivity index (χ4v) is 4.09. The van der Waals surface area contributed by atoms with Gasteiger partial charge in [0.15, 0.2) is 11.5 Å². The molecule has 4 rings (SSSR count). The second kappa shape index (κ2) is 10.7. The summed E-state index contributed by atoms with van der Waals surface area (Å²) in [5.41, 5.74) is 4.00. The number of rotatable bonds is 7. The quantitative estimate of drug-likeness (QED) is 0.334. The zero-order valence-electron chi connectivity index (χ0n) is 20.1. The number of halogens is 1. The highest BCUT2D eigenvalue weighted by atomic mass is 35.5. The molecule has 0 radical (unpaired) electrons. The maximum absolute atomic E-state index is 13.1. The summed E-state index contributed by atoms with van der Waals surface area (Å²) in [4.78, 5) is 38.9. The van der Waals surface area contributed by atoms with E-state index in [-0.39, 0.29) is 5.57 Å². The Kier molecular flexibility index (Phi) is 7.41. The zero-order valence-corrected chi connectivity index (χ0v) is 20.9. The van der Waals surface area contributed by atoms with E-state index in [1.54, 1.807) is 30.3 Å². The van der Waals surface area contributed by atoms with E-state index in [0.29, 0.717) is 41.0 Å². The maximum Gasteiger partial charge on any atom is 0.335 e. The molecule has 3 aromatic carbocycles. The van der Waals surface area contributed by atoms with Crippen LogP contribution in [-0.2, 0) is 16.2 Å². The van der Waals surface area contributed by atoms with Gasteiger partial charge >= 0.3 is 6.03 Å². The van der Waals surface area contributed by atoms with Crippen molar-refractivity contribution in [2.75, 3.05) is 11.5 Å². The van der Waals surface area contributed by atoms with Gasteiger partial charge in [-0.3, -0.25) is 14.9 Å². The van der Waals surface area contributed by atoms with Crippen molar-refractivity contribution in [1.82, 2.24) is 5.32 Å². The highest BCUT2D eigenvalue weighted by molar-refractivity contribution is 6.39. The lowest BCUT2D eigenvalue weighted by molar-refractivity contribution is -0.122. The molecule has 1 heterocycles. The first-order valence-electron chi connectivity index (χ1n) is 11.4. The van der Waals surface area contributed by atoms with Gasteiger partial charge in [0, 0.05) is 5.02 Å². The highest BCUT2D eigenvalue weighted by Gasteiger charge is 2.36. The molecular weight excluding hydrogens is 480 g/mol. The van der Waals surface area contributed by atoms with Crippen molar-refractivity contribution < 1.29 is 23.9 Å². The molecule has 0 unspecified atom stereocenters. The Morgan fingerprint density at radius 3 is 2.25 bits per heavy atom. The third-order valence-corrected chi connectivity index (χ3v) is 5.69. The lowest BCUT2D eigenvalue weighted by atomic mass is 10.1. The third-order valence-electron chi connectivity index (χ3n) is 5.44. The van der Waals surface area contributed by atoms with Gasteiger partial charge < -0.3 is 9.47 Å². The van der Waals surface area contributed by atoms with Gasteiger partial charge in [0.25, 0.3) is 11.8 Å². The third kappa shape index (κ3) is 5.58. The number of nitrogens with zero attached hydrogens (tertiary/aromatic N) is 1. The second-order valence-corrected chi connectivity index (χ2v) is 8.79. The predicted octanol–water partition coefficient (Wildman–Crippen LogP) is 5.60. The number of carbonyl (C=O) groups excluding carboxylic acids is 3. The van der Waals surface area contributed by atoms with Crippen molar-refractivity contribution in [3.63, 3.8) is 0 Å². The van der Waals surface area contributed by atoms with E-state index in [1.165, 1.54) is 18.2 Å². The fourth-order valence-electron chi connectivity index (χ4n) is 3.96. The topological polar surface area (TPSA) is 84.9 Å². The van der Waals surface area contributed by atoms with Crippen LogP contribution in [0.25, 0.3) is 6.08 Å². The number of hydrogen-bond donors (Lipinski definition) is 1. The molecule has 1 aliphatic heterocycles. The van der Waals surface area contributed by atoms with Gasteiger partial charge in [-0.15, -0.1) is 0 Å². The van der Waals surface area contributed by atoms with Crippen LogP contribution in [0.3, 0.4) is 0 Å². The Labute approximate surface area is 214 Å². The first kappa shape index (κ1) is 25.0. The second-order valence-electron chi connectivity index (χ2n) is 8.36. The average molecular weight is 505 g/mol. The van der Waals surface area contributed by atoms with Crippen LogP contribution in [0.15, 0.2) is 66.2 Å². The lowest BCUT2D eigenvalue weighted by Crippen LogP contribution is -2.54. The number of imide groups is 2. The summed E-state index contributed by atoms with van der Waals surface area (Å²) >= 11 is 5.92. The van der Waals surface area contributed by atoms with Crippen LogP contribution in [0.2, 0.25) is 5.02 Å². The van der Waals surface area contributed by atoms with Crippen LogP contribution < -0.4 is 19.7 Å². The molecule has 7 nitrogen and oxygen atoms in total. The molecule has 4 amide bonds. The molecule has 0 aliphatic carbocycles. The molecule has 3 aromatic rings. The standard InChI is InChI=1S/C28H25ClN2O5/c1-4-35-25-15-19(5-10-24(25)36-16-20-12-17(2)11-18(3)13-20)14-23-26(32)30-28(34)31(27(23)33)22-8-6-21(29)7-9-22/h5-15H,4,16H2,1-3H3,(H,30,32,34)/b23-14+. The number of hydrogen-bond acceptors (Lipinski definition) is 5. The van der Waals surface area contributed by atoms with E-state index in [4.69, 9.17) is 21.1 Å². The van der Waals surface area contributed by atoms with Crippen LogP contribution >= 0.6 is 11.6 Å². The SMILES string of the molecule is CCOc1cc(/C=C2\C(=O)NC(=O)N(c3ccc(Cl)cc3)C2=O)ccc1OCc1cc(C)cc(C)c1. The van der Waals surface area contributed by atoms with Gasteiger partial charge in [-0.1, -0.05) is 47.0 Å². The summed E-state index contributed by atoms with van der Waals surface area (Å²) in [6, 6.07) is 16.7. The van der Waals surface area contributed by atoms with Gasteiger partial charge in [0.05, 0.1) is 12.3 Å². The van der Waals surface area contributed by atoms with E-state index in [0.717, 1.165) is 21.6 Å². The van der Waals surface area contributed by atoms with Crippen molar-refractivity contribution in [3.05, 3.63) is 93.5 Å². The summed E-state index contributed by atoms with van der Waals surface area (Å²) in [7, 11) is 0. The predicted molar refractivity (Wildman–Crippen MR) is 138 cm³/mol. The van der Waals surface area contributed by atoms with Gasteiger partial charge in [0.1, 0.15) is 12.2 Å². The molecule has 8 heteroatoms. The Morgan fingerprint density at radius 1 is 0.889 bits per heavy atom. The van der Waals surface area contributed by atoms with E-state index in [2.05, 4.69) is 23.5 Å². The van der Waals surface area contributed by atoms with Crippen LogP contribution in [0.1, 0.15) is 29.2 Å². The van der Waals surface area contributed by atoms with Crippen molar-refractivity contribution in [3.8, 4) is 11.5 Å². The molecule has 1 aliphatic rings. The van der Waals surface area contributed by atoms with Crippen LogP contribution in [0.4, 0.5) is 10.5 Å².